The molecule has 2 rings (SSSR count). The third kappa shape index (κ3) is 5.44. The zero-order chi connectivity index (χ0) is 17.5. The fourth-order valence-electron chi connectivity index (χ4n) is 1.78. The molecule has 0 saturated heterocycles. The van der Waals surface area contributed by atoms with Crippen LogP contribution in [0.3, 0.4) is 0 Å². The van der Waals surface area contributed by atoms with Crippen molar-refractivity contribution in [1.82, 2.24) is 5.32 Å². The van der Waals surface area contributed by atoms with Gasteiger partial charge in [-0.2, -0.15) is 0 Å². The monoisotopic (exact) mass is 367 g/mol. The molecule has 126 valence electrons. The number of rotatable bonds is 6. The summed E-state index contributed by atoms with van der Waals surface area (Å²) in [5.41, 5.74) is 0.691. The van der Waals surface area contributed by atoms with Crippen molar-refractivity contribution in [3.63, 3.8) is 0 Å². The van der Waals surface area contributed by atoms with Crippen molar-refractivity contribution < 1.29 is 18.7 Å². The van der Waals surface area contributed by atoms with E-state index in [-0.39, 0.29) is 6.54 Å². The number of benzene rings is 1. The highest BCUT2D eigenvalue weighted by Gasteiger charge is 2.16. The average Bonchev–Trinajstić information content (AvgIpc) is 3.07. The zero-order valence-electron chi connectivity index (χ0n) is 12.8. The summed E-state index contributed by atoms with van der Waals surface area (Å²) in [5.74, 6) is -0.439. The second kappa shape index (κ2) is 8.57. The fraction of sp³-hybridized carbons (Fsp3) is 0.176. The van der Waals surface area contributed by atoms with Crippen LogP contribution < -0.4 is 5.32 Å². The minimum atomic E-state index is -0.925. The van der Waals surface area contributed by atoms with Crippen LogP contribution in [-0.2, 0) is 20.9 Å². The van der Waals surface area contributed by atoms with Crippen molar-refractivity contribution in [2.24, 2.45) is 0 Å². The third-order valence-corrected chi connectivity index (χ3v) is 3.77. The second-order valence-corrected chi connectivity index (χ2v) is 5.70. The van der Waals surface area contributed by atoms with Crippen LogP contribution in [0.2, 0.25) is 10.0 Å². The minimum Gasteiger partial charge on any atom is -0.467 e. The maximum absolute atomic E-state index is 11.8. The molecule has 1 heterocycles. The molecular formula is C17H15Cl2NO4. The van der Waals surface area contributed by atoms with Crippen LogP contribution in [-0.4, -0.2) is 18.0 Å². The van der Waals surface area contributed by atoms with Crippen LogP contribution in [0.15, 0.2) is 47.1 Å². The Balaban J connectivity index is 1.82. The number of furan rings is 1. The van der Waals surface area contributed by atoms with Crippen molar-refractivity contribution in [3.05, 3.63) is 64.0 Å². The molecule has 0 spiro atoms. The first-order valence-corrected chi connectivity index (χ1v) is 7.85. The molecule has 0 bridgehead atoms. The van der Waals surface area contributed by atoms with E-state index in [4.69, 9.17) is 32.4 Å². The van der Waals surface area contributed by atoms with Gasteiger partial charge in [-0.25, -0.2) is 4.79 Å². The van der Waals surface area contributed by atoms with Gasteiger partial charge in [0.15, 0.2) is 6.10 Å². The Hall–Kier alpha value is -2.24. The lowest BCUT2D eigenvalue weighted by molar-refractivity contribution is -0.150. The molecule has 1 amide bonds. The lowest BCUT2D eigenvalue weighted by atomic mass is 10.2. The Morgan fingerprint density at radius 1 is 1.29 bits per heavy atom. The molecule has 1 aromatic carbocycles. The van der Waals surface area contributed by atoms with Gasteiger partial charge in [0.2, 0.25) is 0 Å². The van der Waals surface area contributed by atoms with Crippen LogP contribution in [0.1, 0.15) is 18.2 Å². The Labute approximate surface area is 149 Å². The van der Waals surface area contributed by atoms with Gasteiger partial charge in [0, 0.05) is 6.08 Å². The SMILES string of the molecule is C[C@@H](OC(=O)/C=C/c1ccc(Cl)c(Cl)c1)C(=O)NCc1ccco1. The van der Waals surface area contributed by atoms with E-state index in [0.29, 0.717) is 21.4 Å². The zero-order valence-corrected chi connectivity index (χ0v) is 14.3. The Morgan fingerprint density at radius 2 is 2.08 bits per heavy atom. The molecule has 0 aliphatic heterocycles. The van der Waals surface area contributed by atoms with Gasteiger partial charge in [-0.3, -0.25) is 4.79 Å². The Morgan fingerprint density at radius 3 is 2.75 bits per heavy atom. The largest absolute Gasteiger partial charge is 0.467 e. The van der Waals surface area contributed by atoms with Crippen molar-refractivity contribution in [2.75, 3.05) is 0 Å². The number of nitrogens with one attached hydrogen (secondary N) is 1. The molecule has 0 aliphatic rings. The highest BCUT2D eigenvalue weighted by Crippen LogP contribution is 2.23. The number of esters is 1. The summed E-state index contributed by atoms with van der Waals surface area (Å²) < 4.78 is 10.1. The van der Waals surface area contributed by atoms with E-state index in [1.54, 1.807) is 30.3 Å². The number of amides is 1. The Kier molecular flexibility index (Phi) is 6.46. The first-order valence-electron chi connectivity index (χ1n) is 7.09. The molecule has 0 saturated carbocycles. The fourth-order valence-corrected chi connectivity index (χ4v) is 2.09. The molecule has 0 aliphatic carbocycles. The van der Waals surface area contributed by atoms with Crippen molar-refractivity contribution in [3.8, 4) is 0 Å². The van der Waals surface area contributed by atoms with E-state index >= 15 is 0 Å². The summed E-state index contributed by atoms with van der Waals surface area (Å²) in [5, 5.41) is 3.43. The number of halogens is 2. The summed E-state index contributed by atoms with van der Waals surface area (Å²) in [6.45, 7) is 1.72. The van der Waals surface area contributed by atoms with Gasteiger partial charge in [0.25, 0.3) is 5.91 Å². The van der Waals surface area contributed by atoms with Gasteiger partial charge in [-0.05, 0) is 42.8 Å². The number of hydrogen-bond donors (Lipinski definition) is 1. The molecule has 0 radical (unpaired) electrons. The maximum atomic E-state index is 11.8. The summed E-state index contributed by atoms with van der Waals surface area (Å²) in [7, 11) is 0. The van der Waals surface area contributed by atoms with Crippen LogP contribution in [0.25, 0.3) is 6.08 Å². The molecule has 5 nitrogen and oxygen atoms in total. The van der Waals surface area contributed by atoms with Gasteiger partial charge >= 0.3 is 5.97 Å². The van der Waals surface area contributed by atoms with E-state index in [0.717, 1.165) is 0 Å². The van der Waals surface area contributed by atoms with Gasteiger partial charge < -0.3 is 14.5 Å². The summed E-state index contributed by atoms with van der Waals surface area (Å²) in [4.78, 5) is 23.6. The molecule has 24 heavy (non-hydrogen) atoms. The maximum Gasteiger partial charge on any atom is 0.331 e. The molecule has 1 atom stereocenters. The van der Waals surface area contributed by atoms with Gasteiger partial charge in [-0.15, -0.1) is 0 Å². The van der Waals surface area contributed by atoms with Crippen molar-refractivity contribution in [2.45, 2.75) is 19.6 Å². The highest BCUT2D eigenvalue weighted by molar-refractivity contribution is 6.42. The standard InChI is InChI=1S/C17H15Cl2NO4/c1-11(17(22)20-10-13-3-2-8-23-13)24-16(21)7-5-12-4-6-14(18)15(19)9-12/h2-9,11H,10H2,1H3,(H,20,22)/b7-5+/t11-/m1/s1. The lowest BCUT2D eigenvalue weighted by Gasteiger charge is -2.11. The van der Waals surface area contributed by atoms with Crippen LogP contribution in [0.4, 0.5) is 0 Å². The number of carbonyl (C=O) groups is 2. The number of ether oxygens (including phenoxy) is 1. The van der Waals surface area contributed by atoms with Gasteiger partial charge in [0.1, 0.15) is 5.76 Å². The molecular weight excluding hydrogens is 353 g/mol. The smallest absolute Gasteiger partial charge is 0.331 e. The van der Waals surface area contributed by atoms with E-state index < -0.39 is 18.0 Å². The first kappa shape index (κ1) is 18.1. The molecule has 0 fully saturated rings. The van der Waals surface area contributed by atoms with E-state index in [1.807, 2.05) is 0 Å². The van der Waals surface area contributed by atoms with Crippen LogP contribution in [0.5, 0.6) is 0 Å². The molecule has 0 unspecified atom stereocenters. The van der Waals surface area contributed by atoms with Crippen molar-refractivity contribution in [1.29, 1.82) is 0 Å². The van der Waals surface area contributed by atoms with Gasteiger partial charge in [0.05, 0.1) is 22.9 Å². The van der Waals surface area contributed by atoms with E-state index in [2.05, 4.69) is 5.32 Å². The lowest BCUT2D eigenvalue weighted by Crippen LogP contribution is -2.35. The summed E-state index contributed by atoms with van der Waals surface area (Å²) in [6.07, 6.45) is 3.33. The van der Waals surface area contributed by atoms with E-state index in [9.17, 15) is 9.59 Å². The quantitative estimate of drug-likeness (QED) is 0.621. The normalized spacial score (nSPS) is 12.1. The summed E-state index contributed by atoms with van der Waals surface area (Å²) in [6, 6.07) is 8.40. The number of hydrogen-bond acceptors (Lipinski definition) is 4. The Bertz CT molecular complexity index is 741. The predicted octanol–water partition coefficient (Wildman–Crippen LogP) is 3.85. The summed E-state index contributed by atoms with van der Waals surface area (Å²) >= 11 is 11.7. The predicted molar refractivity (Wildman–Crippen MR) is 91.6 cm³/mol. The first-order chi connectivity index (χ1) is 11.5. The third-order valence-electron chi connectivity index (χ3n) is 3.03. The molecule has 7 heteroatoms. The molecule has 1 N–H and O–H groups in total. The van der Waals surface area contributed by atoms with Crippen LogP contribution in [0, 0.1) is 0 Å². The topological polar surface area (TPSA) is 68.5 Å². The molecule has 2 aromatic rings. The minimum absolute atomic E-state index is 0.229. The van der Waals surface area contributed by atoms with Crippen LogP contribution >= 0.6 is 23.2 Å². The highest BCUT2D eigenvalue weighted by atomic mass is 35.5. The number of carbonyl (C=O) groups excluding carboxylic acids is 2. The van der Waals surface area contributed by atoms with E-state index in [1.165, 1.54) is 25.3 Å². The van der Waals surface area contributed by atoms with Gasteiger partial charge in [-0.1, -0.05) is 29.3 Å². The average molecular weight is 368 g/mol. The molecule has 1 aromatic heterocycles. The van der Waals surface area contributed by atoms with Crippen molar-refractivity contribution >= 4 is 41.2 Å². The second-order valence-electron chi connectivity index (χ2n) is 4.88.